The van der Waals surface area contributed by atoms with Crippen molar-refractivity contribution in [1.29, 1.82) is 0 Å². The maximum atomic E-state index is 11.5. The number of hydrogen-bond acceptors (Lipinski definition) is 4. The molecular weight excluding hydrogens is 260 g/mol. The van der Waals surface area contributed by atoms with Gasteiger partial charge in [0.15, 0.2) is 0 Å². The molecule has 0 unspecified atom stereocenters. The number of nitrogens with zero attached hydrogens (tertiary/aromatic N) is 3. The van der Waals surface area contributed by atoms with E-state index in [9.17, 15) is 8.42 Å². The zero-order chi connectivity index (χ0) is 11.3. The summed E-state index contributed by atoms with van der Waals surface area (Å²) < 4.78 is 25.9. The molecule has 6 nitrogen and oxygen atoms in total. The van der Waals surface area contributed by atoms with Crippen molar-refractivity contribution in [3.8, 4) is 0 Å². The number of thiophene rings is 1. The molecule has 0 aliphatic carbocycles. The van der Waals surface area contributed by atoms with E-state index in [1.807, 2.05) is 0 Å². The molecule has 0 aromatic carbocycles. The molecule has 1 aromatic rings. The van der Waals surface area contributed by atoms with Gasteiger partial charge in [0.05, 0.1) is 4.34 Å². The van der Waals surface area contributed by atoms with Crippen LogP contribution in [0, 0.1) is 0 Å². The molecule has 0 bridgehead atoms. The number of rotatable bonds is 5. The molecule has 0 fully saturated rings. The summed E-state index contributed by atoms with van der Waals surface area (Å²) in [6.07, 6.45) is 0. The molecule has 1 aromatic heterocycles. The zero-order valence-corrected chi connectivity index (χ0v) is 9.81. The number of azide groups is 1. The lowest BCUT2D eigenvalue weighted by atomic mass is 10.7. The summed E-state index contributed by atoms with van der Waals surface area (Å²) in [6.45, 7) is 0.150. The van der Waals surface area contributed by atoms with Gasteiger partial charge in [0, 0.05) is 18.0 Å². The van der Waals surface area contributed by atoms with Crippen LogP contribution in [-0.2, 0) is 10.0 Å². The van der Waals surface area contributed by atoms with E-state index in [0.29, 0.717) is 4.34 Å². The minimum atomic E-state index is -3.52. The lowest BCUT2D eigenvalue weighted by Crippen LogP contribution is -2.25. The van der Waals surface area contributed by atoms with Crippen molar-refractivity contribution in [3.05, 3.63) is 26.9 Å². The van der Waals surface area contributed by atoms with Gasteiger partial charge >= 0.3 is 0 Å². The van der Waals surface area contributed by atoms with Crippen molar-refractivity contribution in [1.82, 2.24) is 4.72 Å². The summed E-state index contributed by atoms with van der Waals surface area (Å²) in [5.74, 6) is 0. The molecule has 1 heterocycles. The van der Waals surface area contributed by atoms with Crippen molar-refractivity contribution < 1.29 is 8.42 Å². The Morgan fingerprint density at radius 1 is 1.60 bits per heavy atom. The standard InChI is InChI=1S/C6H7ClN4O2S2/c7-5-1-2-6(14-5)15(12,13)10-4-3-9-11-8/h1-2,10H,3-4H2. The maximum absolute atomic E-state index is 11.5. The topological polar surface area (TPSA) is 94.9 Å². The first kappa shape index (κ1) is 12.3. The third kappa shape index (κ3) is 3.69. The van der Waals surface area contributed by atoms with E-state index in [4.69, 9.17) is 17.1 Å². The van der Waals surface area contributed by atoms with Crippen LogP contribution in [0.3, 0.4) is 0 Å². The summed E-state index contributed by atoms with van der Waals surface area (Å²) >= 11 is 6.58. The highest BCUT2D eigenvalue weighted by Gasteiger charge is 2.15. The highest BCUT2D eigenvalue weighted by molar-refractivity contribution is 7.91. The summed E-state index contributed by atoms with van der Waals surface area (Å²) in [7, 11) is -3.52. The van der Waals surface area contributed by atoms with Gasteiger partial charge in [-0.05, 0) is 17.7 Å². The lowest BCUT2D eigenvalue weighted by molar-refractivity contribution is 0.584. The predicted molar refractivity (Wildman–Crippen MR) is 58.5 cm³/mol. The number of hydrogen-bond donors (Lipinski definition) is 1. The molecule has 0 saturated heterocycles. The molecule has 0 atom stereocenters. The first-order valence-electron chi connectivity index (χ1n) is 3.82. The fourth-order valence-corrected chi connectivity index (χ4v) is 3.34. The summed E-state index contributed by atoms with van der Waals surface area (Å²) in [5.41, 5.74) is 7.98. The van der Waals surface area contributed by atoms with Gasteiger partial charge in [-0.3, -0.25) is 0 Å². The largest absolute Gasteiger partial charge is 0.250 e. The van der Waals surface area contributed by atoms with E-state index < -0.39 is 10.0 Å². The Bertz CT molecular complexity index is 477. The fourth-order valence-electron chi connectivity index (χ4n) is 0.788. The van der Waals surface area contributed by atoms with Crippen molar-refractivity contribution in [2.24, 2.45) is 5.11 Å². The lowest BCUT2D eigenvalue weighted by Gasteiger charge is -2.01. The average Bonchev–Trinajstić information content (AvgIpc) is 2.60. The maximum Gasteiger partial charge on any atom is 0.250 e. The van der Waals surface area contributed by atoms with E-state index in [1.165, 1.54) is 12.1 Å². The molecule has 0 aliphatic rings. The molecule has 0 saturated carbocycles. The number of sulfonamides is 1. The van der Waals surface area contributed by atoms with Gasteiger partial charge in [-0.15, -0.1) is 11.3 Å². The minimum absolute atomic E-state index is 0.0713. The van der Waals surface area contributed by atoms with Gasteiger partial charge in [-0.2, -0.15) is 0 Å². The van der Waals surface area contributed by atoms with Crippen LogP contribution >= 0.6 is 22.9 Å². The van der Waals surface area contributed by atoms with Crippen molar-refractivity contribution in [3.63, 3.8) is 0 Å². The van der Waals surface area contributed by atoms with E-state index in [-0.39, 0.29) is 17.3 Å². The number of nitrogens with one attached hydrogen (secondary N) is 1. The highest BCUT2D eigenvalue weighted by Crippen LogP contribution is 2.24. The monoisotopic (exact) mass is 266 g/mol. The Balaban J connectivity index is 2.64. The Labute approximate surface area is 95.5 Å². The first-order chi connectivity index (χ1) is 7.06. The summed E-state index contributed by atoms with van der Waals surface area (Å²) in [4.78, 5) is 2.50. The van der Waals surface area contributed by atoms with Crippen LogP contribution in [0.4, 0.5) is 0 Å². The van der Waals surface area contributed by atoms with E-state index in [1.54, 1.807) is 0 Å². The molecule has 0 aliphatic heterocycles. The average molecular weight is 267 g/mol. The Hall–Kier alpha value is -0.790. The second kappa shape index (κ2) is 5.34. The Morgan fingerprint density at radius 2 is 2.33 bits per heavy atom. The van der Waals surface area contributed by atoms with Gasteiger partial charge in [0.25, 0.3) is 0 Å². The van der Waals surface area contributed by atoms with Crippen LogP contribution in [-0.4, -0.2) is 21.5 Å². The SMILES string of the molecule is [N-]=[N+]=NCCNS(=O)(=O)c1ccc(Cl)s1. The van der Waals surface area contributed by atoms with E-state index >= 15 is 0 Å². The molecule has 1 N–H and O–H groups in total. The molecule has 82 valence electrons. The van der Waals surface area contributed by atoms with Crippen molar-refractivity contribution in [2.75, 3.05) is 13.1 Å². The zero-order valence-electron chi connectivity index (χ0n) is 7.42. The van der Waals surface area contributed by atoms with E-state index in [2.05, 4.69) is 14.7 Å². The minimum Gasteiger partial charge on any atom is -0.210 e. The normalized spacial score (nSPS) is 11.0. The fraction of sp³-hybridized carbons (Fsp3) is 0.333. The molecule has 0 amide bonds. The van der Waals surface area contributed by atoms with Gasteiger partial charge < -0.3 is 0 Å². The van der Waals surface area contributed by atoms with Gasteiger partial charge in [0.2, 0.25) is 10.0 Å². The molecule has 0 spiro atoms. The smallest absolute Gasteiger partial charge is 0.210 e. The van der Waals surface area contributed by atoms with Crippen LogP contribution in [0.1, 0.15) is 0 Å². The van der Waals surface area contributed by atoms with Crippen LogP contribution in [0.5, 0.6) is 0 Å². The first-order valence-corrected chi connectivity index (χ1v) is 6.50. The van der Waals surface area contributed by atoms with Crippen molar-refractivity contribution in [2.45, 2.75) is 4.21 Å². The van der Waals surface area contributed by atoms with Crippen LogP contribution < -0.4 is 4.72 Å². The van der Waals surface area contributed by atoms with Gasteiger partial charge in [-0.25, -0.2) is 13.1 Å². The Morgan fingerprint density at radius 3 is 2.87 bits per heavy atom. The van der Waals surface area contributed by atoms with Crippen molar-refractivity contribution >= 4 is 33.0 Å². The second-order valence-electron chi connectivity index (χ2n) is 2.41. The molecule has 15 heavy (non-hydrogen) atoms. The molecule has 0 radical (unpaired) electrons. The second-order valence-corrected chi connectivity index (χ2v) is 6.12. The quantitative estimate of drug-likeness (QED) is 0.382. The third-order valence-electron chi connectivity index (χ3n) is 1.38. The number of halogens is 1. The van der Waals surface area contributed by atoms with Crippen LogP contribution in [0.25, 0.3) is 10.4 Å². The molecular formula is C6H7ClN4O2S2. The van der Waals surface area contributed by atoms with Crippen LogP contribution in [0.2, 0.25) is 4.34 Å². The van der Waals surface area contributed by atoms with E-state index in [0.717, 1.165) is 11.3 Å². The predicted octanol–water partition coefficient (Wildman–Crippen LogP) is 1.99. The van der Waals surface area contributed by atoms with Gasteiger partial charge in [0.1, 0.15) is 4.21 Å². The third-order valence-corrected chi connectivity index (χ3v) is 4.56. The highest BCUT2D eigenvalue weighted by atomic mass is 35.5. The molecule has 9 heteroatoms. The molecule has 1 rings (SSSR count). The van der Waals surface area contributed by atoms with Gasteiger partial charge in [-0.1, -0.05) is 16.7 Å². The van der Waals surface area contributed by atoms with Crippen LogP contribution in [0.15, 0.2) is 21.5 Å². The summed E-state index contributed by atoms with van der Waals surface area (Å²) in [6, 6.07) is 2.93. The summed E-state index contributed by atoms with van der Waals surface area (Å²) in [5, 5.41) is 3.20. The Kier molecular flexibility index (Phi) is 4.37.